The Balaban J connectivity index is 2.84. The summed E-state index contributed by atoms with van der Waals surface area (Å²) in [5.74, 6) is -2.43. The van der Waals surface area contributed by atoms with Crippen LogP contribution < -0.4 is 0 Å². The Morgan fingerprint density at radius 1 is 1.00 bits per heavy atom. The number of fused-ring (bicyclic) bond motifs is 1. The zero-order chi connectivity index (χ0) is 11.7. The molecular weight excluding hydrogens is 212 g/mol. The van der Waals surface area contributed by atoms with Crippen molar-refractivity contribution in [2.45, 2.75) is 0 Å². The highest BCUT2D eigenvalue weighted by atomic mass is 16.4. The zero-order valence-electron chi connectivity index (χ0n) is 7.91. The Bertz CT molecular complexity index is 594. The van der Waals surface area contributed by atoms with Crippen LogP contribution in [-0.2, 0) is 0 Å². The Morgan fingerprint density at radius 3 is 2.31 bits per heavy atom. The van der Waals surface area contributed by atoms with Crippen molar-refractivity contribution in [1.82, 2.24) is 9.97 Å². The summed E-state index contributed by atoms with van der Waals surface area (Å²) >= 11 is 0. The normalized spacial score (nSPS) is 10.2. The predicted molar refractivity (Wildman–Crippen MR) is 53.5 cm³/mol. The quantitative estimate of drug-likeness (QED) is 0.780. The van der Waals surface area contributed by atoms with Crippen LogP contribution in [0.2, 0.25) is 0 Å². The van der Waals surface area contributed by atoms with Crippen LogP contribution in [0.4, 0.5) is 0 Å². The molecule has 2 aromatic rings. The van der Waals surface area contributed by atoms with Gasteiger partial charge >= 0.3 is 11.9 Å². The lowest BCUT2D eigenvalue weighted by atomic mass is 10.1. The summed E-state index contributed by atoms with van der Waals surface area (Å²) in [7, 11) is 0. The van der Waals surface area contributed by atoms with Crippen molar-refractivity contribution in [3.63, 3.8) is 0 Å². The van der Waals surface area contributed by atoms with Crippen LogP contribution in [0.5, 0.6) is 0 Å². The van der Waals surface area contributed by atoms with Gasteiger partial charge in [-0.3, -0.25) is 9.97 Å². The molecule has 1 heterocycles. The number of benzene rings is 1. The summed E-state index contributed by atoms with van der Waals surface area (Å²) < 4.78 is 0. The highest BCUT2D eigenvalue weighted by molar-refractivity contribution is 6.04. The molecule has 0 amide bonds. The molecule has 2 N–H and O–H groups in total. The van der Waals surface area contributed by atoms with Crippen LogP contribution in [0.3, 0.4) is 0 Å². The van der Waals surface area contributed by atoms with Crippen LogP contribution >= 0.6 is 0 Å². The van der Waals surface area contributed by atoms with Crippen LogP contribution in [0.25, 0.3) is 11.0 Å². The summed E-state index contributed by atoms with van der Waals surface area (Å²) in [5.41, 5.74) is 0.146. The molecule has 0 saturated heterocycles. The molecule has 0 bridgehead atoms. The van der Waals surface area contributed by atoms with E-state index in [2.05, 4.69) is 9.97 Å². The number of nitrogens with zero attached hydrogens (tertiary/aromatic N) is 2. The molecule has 80 valence electrons. The number of hydrogen-bond donors (Lipinski definition) is 2. The number of rotatable bonds is 2. The summed E-state index contributed by atoms with van der Waals surface area (Å²) in [6.07, 6.45) is 2.73. The fourth-order valence-corrected chi connectivity index (χ4v) is 1.36. The number of aromatic carboxylic acids is 2. The molecule has 0 aliphatic rings. The number of carboxylic acids is 2. The van der Waals surface area contributed by atoms with Crippen molar-refractivity contribution in [2.24, 2.45) is 0 Å². The van der Waals surface area contributed by atoms with Crippen LogP contribution in [0.15, 0.2) is 24.5 Å². The third-order valence-electron chi connectivity index (χ3n) is 2.05. The summed E-state index contributed by atoms with van der Waals surface area (Å²) in [6, 6.07) is 2.36. The van der Waals surface area contributed by atoms with E-state index in [4.69, 9.17) is 10.2 Å². The first kappa shape index (κ1) is 10.0. The lowest BCUT2D eigenvalue weighted by Crippen LogP contribution is -2.04. The van der Waals surface area contributed by atoms with Crippen molar-refractivity contribution >= 4 is 23.0 Å². The first-order valence-corrected chi connectivity index (χ1v) is 4.31. The standard InChI is InChI=1S/C10H6N2O4/c13-9(14)5-3-6(10(15)16)8-7(4-5)11-1-2-12-8/h1-4H,(H,13,14)(H,15,16). The fourth-order valence-electron chi connectivity index (χ4n) is 1.36. The van der Waals surface area contributed by atoms with Gasteiger partial charge in [-0.1, -0.05) is 0 Å². The van der Waals surface area contributed by atoms with Crippen LogP contribution in [0, 0.1) is 0 Å². The molecular formula is C10H6N2O4. The number of carbonyl (C=O) groups is 2. The van der Waals surface area contributed by atoms with E-state index in [1.54, 1.807) is 0 Å². The van der Waals surface area contributed by atoms with E-state index in [9.17, 15) is 9.59 Å². The molecule has 0 spiro atoms. The molecule has 1 aromatic heterocycles. The summed E-state index contributed by atoms with van der Waals surface area (Å²) in [4.78, 5) is 29.5. The van der Waals surface area contributed by atoms with Gasteiger partial charge < -0.3 is 10.2 Å². The molecule has 0 aliphatic carbocycles. The Kier molecular flexibility index (Phi) is 2.24. The van der Waals surface area contributed by atoms with Crippen molar-refractivity contribution in [1.29, 1.82) is 0 Å². The Morgan fingerprint density at radius 2 is 1.69 bits per heavy atom. The molecule has 0 atom stereocenters. The highest BCUT2D eigenvalue weighted by Gasteiger charge is 2.15. The number of hydrogen-bond acceptors (Lipinski definition) is 4. The van der Waals surface area contributed by atoms with E-state index < -0.39 is 11.9 Å². The number of carboxylic acid groups (broad SMARTS) is 2. The van der Waals surface area contributed by atoms with E-state index >= 15 is 0 Å². The maximum Gasteiger partial charge on any atom is 0.338 e. The predicted octanol–water partition coefficient (Wildman–Crippen LogP) is 1.03. The molecule has 1 aromatic carbocycles. The van der Waals surface area contributed by atoms with E-state index in [0.29, 0.717) is 0 Å². The second kappa shape index (κ2) is 3.58. The largest absolute Gasteiger partial charge is 0.478 e. The first-order valence-electron chi connectivity index (χ1n) is 4.31. The lowest BCUT2D eigenvalue weighted by molar-refractivity contribution is 0.0696. The van der Waals surface area contributed by atoms with E-state index in [-0.39, 0.29) is 22.2 Å². The number of aromatic nitrogens is 2. The zero-order valence-corrected chi connectivity index (χ0v) is 7.91. The molecule has 16 heavy (non-hydrogen) atoms. The van der Waals surface area contributed by atoms with Gasteiger partial charge in [0.2, 0.25) is 0 Å². The minimum Gasteiger partial charge on any atom is -0.478 e. The summed E-state index contributed by atoms with van der Waals surface area (Å²) in [5, 5.41) is 17.7. The third kappa shape index (κ3) is 1.56. The second-order valence-electron chi connectivity index (χ2n) is 3.06. The monoisotopic (exact) mass is 218 g/mol. The highest BCUT2D eigenvalue weighted by Crippen LogP contribution is 2.17. The summed E-state index contributed by atoms with van der Waals surface area (Å²) in [6.45, 7) is 0. The van der Waals surface area contributed by atoms with Crippen LogP contribution in [-0.4, -0.2) is 32.1 Å². The van der Waals surface area contributed by atoms with Crippen molar-refractivity contribution < 1.29 is 19.8 Å². The van der Waals surface area contributed by atoms with Crippen molar-refractivity contribution in [2.75, 3.05) is 0 Å². The smallest absolute Gasteiger partial charge is 0.338 e. The second-order valence-corrected chi connectivity index (χ2v) is 3.06. The Labute approximate surface area is 89.2 Å². The average molecular weight is 218 g/mol. The fraction of sp³-hybridized carbons (Fsp3) is 0. The van der Waals surface area contributed by atoms with Gasteiger partial charge in [-0.15, -0.1) is 0 Å². The molecule has 0 radical (unpaired) electrons. The van der Waals surface area contributed by atoms with Gasteiger partial charge in [-0.05, 0) is 12.1 Å². The Hall–Kier alpha value is -2.50. The van der Waals surface area contributed by atoms with Gasteiger partial charge in [-0.25, -0.2) is 9.59 Å². The topological polar surface area (TPSA) is 100 Å². The molecule has 2 rings (SSSR count). The van der Waals surface area contributed by atoms with Crippen molar-refractivity contribution in [3.8, 4) is 0 Å². The molecule has 0 fully saturated rings. The van der Waals surface area contributed by atoms with Crippen molar-refractivity contribution in [3.05, 3.63) is 35.7 Å². The maximum absolute atomic E-state index is 10.9. The maximum atomic E-state index is 10.9. The van der Waals surface area contributed by atoms with Gasteiger partial charge in [0, 0.05) is 12.4 Å². The molecule has 0 saturated carbocycles. The SMILES string of the molecule is O=C(O)c1cc(C(=O)O)c2nccnc2c1. The molecule has 6 nitrogen and oxygen atoms in total. The minimum absolute atomic E-state index is 0.120. The van der Waals surface area contributed by atoms with E-state index in [1.165, 1.54) is 18.5 Å². The first-order chi connectivity index (χ1) is 7.59. The minimum atomic E-state index is -1.23. The van der Waals surface area contributed by atoms with Gasteiger partial charge in [0.15, 0.2) is 0 Å². The lowest BCUT2D eigenvalue weighted by Gasteiger charge is -2.02. The van der Waals surface area contributed by atoms with E-state index in [0.717, 1.165) is 6.07 Å². The van der Waals surface area contributed by atoms with Gasteiger partial charge in [-0.2, -0.15) is 0 Å². The van der Waals surface area contributed by atoms with Gasteiger partial charge in [0.05, 0.1) is 16.6 Å². The average Bonchev–Trinajstić information content (AvgIpc) is 2.27. The van der Waals surface area contributed by atoms with Gasteiger partial charge in [0.1, 0.15) is 5.52 Å². The third-order valence-corrected chi connectivity index (χ3v) is 2.05. The van der Waals surface area contributed by atoms with E-state index in [1.807, 2.05) is 0 Å². The molecule has 0 aliphatic heterocycles. The molecule has 0 unspecified atom stereocenters. The van der Waals surface area contributed by atoms with Gasteiger partial charge in [0.25, 0.3) is 0 Å². The molecule has 6 heteroatoms. The van der Waals surface area contributed by atoms with Crippen LogP contribution in [0.1, 0.15) is 20.7 Å².